The van der Waals surface area contributed by atoms with Gasteiger partial charge in [-0.25, -0.2) is 4.39 Å². The molecule has 1 aromatic rings. The number of nitrogens with zero attached hydrogens (tertiary/aromatic N) is 1. The lowest BCUT2D eigenvalue weighted by molar-refractivity contribution is 0.0268. The fourth-order valence-electron chi connectivity index (χ4n) is 2.55. The number of halogens is 2. The van der Waals surface area contributed by atoms with Crippen molar-refractivity contribution in [1.82, 2.24) is 4.90 Å². The van der Waals surface area contributed by atoms with Gasteiger partial charge in [0.15, 0.2) is 0 Å². The van der Waals surface area contributed by atoms with Gasteiger partial charge in [-0.05, 0) is 31.0 Å². The Hall–Kier alpha value is -1.13. The molecule has 0 aromatic heterocycles. The third kappa shape index (κ3) is 3.07. The highest BCUT2D eigenvalue weighted by Crippen LogP contribution is 2.25. The molecule has 19 heavy (non-hydrogen) atoms. The maximum absolute atomic E-state index is 13.0. The number of hydrogen-bond acceptors (Lipinski definition) is 2. The van der Waals surface area contributed by atoms with Crippen LogP contribution in [-0.2, 0) is 0 Å². The molecule has 1 N–H and O–H groups in total. The molecule has 0 bridgehead atoms. The Bertz CT molecular complexity index is 481. The molecule has 1 aliphatic carbocycles. The van der Waals surface area contributed by atoms with Crippen molar-refractivity contribution in [3.05, 3.63) is 34.6 Å². The van der Waals surface area contributed by atoms with Gasteiger partial charge in [0.25, 0.3) is 5.91 Å². The molecular weight excluding hydrogens is 269 g/mol. The van der Waals surface area contributed by atoms with Crippen LogP contribution in [-0.4, -0.2) is 35.1 Å². The van der Waals surface area contributed by atoms with E-state index in [1.54, 1.807) is 7.05 Å². The van der Waals surface area contributed by atoms with E-state index < -0.39 is 11.9 Å². The van der Waals surface area contributed by atoms with Gasteiger partial charge in [-0.1, -0.05) is 24.4 Å². The van der Waals surface area contributed by atoms with Crippen LogP contribution in [0.1, 0.15) is 36.0 Å². The number of aliphatic hydroxyl groups excluding tert-OH is 1. The number of carbonyl (C=O) groups is 1. The van der Waals surface area contributed by atoms with E-state index in [4.69, 9.17) is 11.6 Å². The lowest BCUT2D eigenvalue weighted by Gasteiger charge is -2.35. The van der Waals surface area contributed by atoms with Crippen molar-refractivity contribution in [2.75, 3.05) is 7.05 Å². The Morgan fingerprint density at radius 3 is 2.74 bits per heavy atom. The van der Waals surface area contributed by atoms with Crippen molar-refractivity contribution in [2.45, 2.75) is 37.8 Å². The van der Waals surface area contributed by atoms with E-state index >= 15 is 0 Å². The molecule has 104 valence electrons. The number of carbonyl (C=O) groups excluding carboxylic acids is 1. The van der Waals surface area contributed by atoms with Crippen molar-refractivity contribution in [3.8, 4) is 0 Å². The summed E-state index contributed by atoms with van der Waals surface area (Å²) < 4.78 is 13.0. The Kier molecular flexibility index (Phi) is 4.42. The van der Waals surface area contributed by atoms with E-state index in [9.17, 15) is 14.3 Å². The lowest BCUT2D eigenvalue weighted by Crippen LogP contribution is -2.46. The first-order valence-corrected chi connectivity index (χ1v) is 6.79. The third-order valence-corrected chi connectivity index (χ3v) is 3.99. The Morgan fingerprint density at radius 2 is 2.11 bits per heavy atom. The SMILES string of the molecule is CN(C(=O)c1ccc(F)cc1Cl)C1CCCCC1O. The van der Waals surface area contributed by atoms with Gasteiger partial charge >= 0.3 is 0 Å². The van der Waals surface area contributed by atoms with Crippen LogP contribution in [0.3, 0.4) is 0 Å². The molecule has 2 atom stereocenters. The first kappa shape index (κ1) is 14.3. The van der Waals surface area contributed by atoms with Crippen molar-refractivity contribution < 1.29 is 14.3 Å². The van der Waals surface area contributed by atoms with Crippen LogP contribution in [0, 0.1) is 5.82 Å². The molecule has 1 aromatic carbocycles. The summed E-state index contributed by atoms with van der Waals surface area (Å²) in [5.41, 5.74) is 0.267. The number of likely N-dealkylation sites (N-methyl/N-ethyl adjacent to an activating group) is 1. The molecule has 2 rings (SSSR count). The van der Waals surface area contributed by atoms with Crippen molar-refractivity contribution in [1.29, 1.82) is 0 Å². The van der Waals surface area contributed by atoms with Crippen LogP contribution in [0.25, 0.3) is 0 Å². The van der Waals surface area contributed by atoms with Crippen LogP contribution in [0.5, 0.6) is 0 Å². The minimum absolute atomic E-state index is 0.0992. The van der Waals surface area contributed by atoms with E-state index in [2.05, 4.69) is 0 Å². The first-order chi connectivity index (χ1) is 9.00. The molecule has 1 fully saturated rings. The number of hydrogen-bond donors (Lipinski definition) is 1. The summed E-state index contributed by atoms with van der Waals surface area (Å²) in [6.07, 6.45) is 2.97. The zero-order chi connectivity index (χ0) is 14.0. The smallest absolute Gasteiger partial charge is 0.255 e. The van der Waals surface area contributed by atoms with Gasteiger partial charge in [-0.2, -0.15) is 0 Å². The highest BCUT2D eigenvalue weighted by atomic mass is 35.5. The normalized spacial score (nSPS) is 23.2. The van der Waals surface area contributed by atoms with Gasteiger partial charge in [0.1, 0.15) is 5.82 Å². The zero-order valence-electron chi connectivity index (χ0n) is 10.8. The second-order valence-electron chi connectivity index (χ2n) is 4.96. The van der Waals surface area contributed by atoms with E-state index in [0.717, 1.165) is 25.3 Å². The van der Waals surface area contributed by atoms with E-state index in [1.807, 2.05) is 0 Å². The molecule has 5 heteroatoms. The maximum atomic E-state index is 13.0. The number of benzene rings is 1. The van der Waals surface area contributed by atoms with Gasteiger partial charge < -0.3 is 10.0 Å². The van der Waals surface area contributed by atoms with E-state index in [1.165, 1.54) is 17.0 Å². The molecule has 0 saturated heterocycles. The molecule has 1 amide bonds. The van der Waals surface area contributed by atoms with Gasteiger partial charge in [0, 0.05) is 7.05 Å². The molecular formula is C14H17ClFNO2. The Balaban J connectivity index is 2.18. The Morgan fingerprint density at radius 1 is 1.42 bits per heavy atom. The fraction of sp³-hybridized carbons (Fsp3) is 0.500. The molecule has 0 heterocycles. The standard InChI is InChI=1S/C14H17ClFNO2/c1-17(12-4-2-3-5-13(12)18)14(19)10-7-6-9(16)8-11(10)15/h6-8,12-13,18H,2-5H2,1H3. The molecule has 0 aliphatic heterocycles. The average Bonchev–Trinajstić information content (AvgIpc) is 2.38. The minimum atomic E-state index is -0.498. The molecule has 2 unspecified atom stereocenters. The van der Waals surface area contributed by atoms with Gasteiger partial charge in [-0.15, -0.1) is 0 Å². The highest BCUT2D eigenvalue weighted by Gasteiger charge is 2.30. The predicted molar refractivity (Wildman–Crippen MR) is 71.8 cm³/mol. The van der Waals surface area contributed by atoms with Gasteiger partial charge in [0.05, 0.1) is 22.7 Å². The van der Waals surface area contributed by atoms with E-state index in [0.29, 0.717) is 6.42 Å². The Labute approximate surface area is 117 Å². The van der Waals surface area contributed by atoms with Crippen LogP contribution >= 0.6 is 11.6 Å². The predicted octanol–water partition coefficient (Wildman–Crippen LogP) is 2.85. The van der Waals surface area contributed by atoms with Crippen molar-refractivity contribution >= 4 is 17.5 Å². The average molecular weight is 286 g/mol. The van der Waals surface area contributed by atoms with Crippen LogP contribution in [0.15, 0.2) is 18.2 Å². The summed E-state index contributed by atoms with van der Waals surface area (Å²) in [4.78, 5) is 13.8. The summed E-state index contributed by atoms with van der Waals surface area (Å²) in [5, 5.41) is 10.1. The number of amides is 1. The van der Waals surface area contributed by atoms with E-state index in [-0.39, 0.29) is 22.5 Å². The zero-order valence-corrected chi connectivity index (χ0v) is 11.5. The monoisotopic (exact) mass is 285 g/mol. The molecule has 1 saturated carbocycles. The summed E-state index contributed by atoms with van der Waals surface area (Å²) in [6.45, 7) is 0. The maximum Gasteiger partial charge on any atom is 0.255 e. The molecule has 1 aliphatic rings. The fourth-order valence-corrected chi connectivity index (χ4v) is 2.80. The second-order valence-corrected chi connectivity index (χ2v) is 5.37. The quantitative estimate of drug-likeness (QED) is 0.908. The van der Waals surface area contributed by atoms with Crippen LogP contribution in [0.4, 0.5) is 4.39 Å². The van der Waals surface area contributed by atoms with Crippen LogP contribution < -0.4 is 0 Å². The largest absolute Gasteiger partial charge is 0.391 e. The van der Waals surface area contributed by atoms with Crippen molar-refractivity contribution in [3.63, 3.8) is 0 Å². The van der Waals surface area contributed by atoms with Crippen molar-refractivity contribution in [2.24, 2.45) is 0 Å². The molecule has 0 radical (unpaired) electrons. The molecule has 3 nitrogen and oxygen atoms in total. The summed E-state index contributed by atoms with van der Waals surface area (Å²) in [7, 11) is 1.65. The first-order valence-electron chi connectivity index (χ1n) is 6.41. The topological polar surface area (TPSA) is 40.5 Å². The second kappa shape index (κ2) is 5.88. The summed E-state index contributed by atoms with van der Waals surface area (Å²) >= 11 is 5.89. The highest BCUT2D eigenvalue weighted by molar-refractivity contribution is 6.33. The lowest BCUT2D eigenvalue weighted by atomic mass is 9.91. The van der Waals surface area contributed by atoms with Gasteiger partial charge in [0.2, 0.25) is 0 Å². The summed E-state index contributed by atoms with van der Waals surface area (Å²) in [6, 6.07) is 3.53. The molecule has 0 spiro atoms. The third-order valence-electron chi connectivity index (χ3n) is 3.67. The minimum Gasteiger partial charge on any atom is -0.391 e. The summed E-state index contributed by atoms with van der Waals surface area (Å²) in [5.74, 6) is -0.752. The number of rotatable bonds is 2. The van der Waals surface area contributed by atoms with Gasteiger partial charge in [-0.3, -0.25) is 4.79 Å². The number of aliphatic hydroxyl groups is 1. The van der Waals surface area contributed by atoms with Crippen LogP contribution in [0.2, 0.25) is 5.02 Å².